The summed E-state index contributed by atoms with van der Waals surface area (Å²) in [6.45, 7) is 0. The molecule has 2 heterocycles. The number of methoxy groups -OCH3 is 2. The number of hydrogen-bond donors (Lipinski definition) is 1. The number of thiazole rings is 1. The van der Waals surface area contributed by atoms with Gasteiger partial charge in [0.05, 0.1) is 19.9 Å². The first-order valence-corrected chi connectivity index (χ1v) is 7.98. The Hall–Kier alpha value is -2.93. The second-order valence-corrected chi connectivity index (χ2v) is 5.65. The van der Waals surface area contributed by atoms with Gasteiger partial charge in [-0.3, -0.25) is 9.78 Å². The molecule has 2 aromatic heterocycles. The van der Waals surface area contributed by atoms with Gasteiger partial charge in [-0.1, -0.05) is 0 Å². The van der Waals surface area contributed by atoms with Crippen molar-refractivity contribution in [2.24, 2.45) is 0 Å². The zero-order chi connectivity index (χ0) is 16.9. The second-order valence-electron chi connectivity index (χ2n) is 4.79. The summed E-state index contributed by atoms with van der Waals surface area (Å²) in [5.74, 6) is 0.876. The molecule has 122 valence electrons. The number of ether oxygens (including phenoxy) is 2. The predicted molar refractivity (Wildman–Crippen MR) is 92.8 cm³/mol. The van der Waals surface area contributed by atoms with Gasteiger partial charge in [-0.15, -0.1) is 11.3 Å². The average Bonchev–Trinajstić information content (AvgIpc) is 3.13. The van der Waals surface area contributed by atoms with Crippen LogP contribution in [0, 0.1) is 0 Å². The monoisotopic (exact) mass is 341 g/mol. The summed E-state index contributed by atoms with van der Waals surface area (Å²) in [6, 6.07) is 8.90. The van der Waals surface area contributed by atoms with Crippen molar-refractivity contribution in [1.29, 1.82) is 0 Å². The van der Waals surface area contributed by atoms with Crippen LogP contribution in [0.5, 0.6) is 11.5 Å². The molecule has 3 aromatic rings. The van der Waals surface area contributed by atoms with Gasteiger partial charge in [-0.2, -0.15) is 0 Å². The van der Waals surface area contributed by atoms with E-state index < -0.39 is 0 Å². The average molecular weight is 341 g/mol. The highest BCUT2D eigenvalue weighted by Gasteiger charge is 2.14. The minimum Gasteiger partial charge on any atom is -0.497 e. The van der Waals surface area contributed by atoms with E-state index in [2.05, 4.69) is 15.3 Å². The fourth-order valence-electron chi connectivity index (χ4n) is 2.09. The first-order valence-electron chi connectivity index (χ1n) is 7.10. The minimum absolute atomic E-state index is 0.296. The van der Waals surface area contributed by atoms with Crippen LogP contribution in [-0.2, 0) is 0 Å². The van der Waals surface area contributed by atoms with E-state index in [0.717, 1.165) is 10.6 Å². The Bertz CT molecular complexity index is 849. The lowest BCUT2D eigenvalue weighted by atomic mass is 10.2. The maximum atomic E-state index is 12.4. The van der Waals surface area contributed by atoms with Crippen LogP contribution in [0.25, 0.3) is 10.6 Å². The topological polar surface area (TPSA) is 73.3 Å². The molecule has 1 aromatic carbocycles. The van der Waals surface area contributed by atoms with Crippen molar-refractivity contribution in [1.82, 2.24) is 9.97 Å². The zero-order valence-corrected chi connectivity index (χ0v) is 14.0. The summed E-state index contributed by atoms with van der Waals surface area (Å²) in [5.41, 5.74) is 1.84. The van der Waals surface area contributed by atoms with Gasteiger partial charge >= 0.3 is 0 Å². The number of nitrogens with one attached hydrogen (secondary N) is 1. The molecule has 0 aliphatic heterocycles. The van der Waals surface area contributed by atoms with Gasteiger partial charge in [0.25, 0.3) is 5.91 Å². The number of hydrogen-bond acceptors (Lipinski definition) is 6. The zero-order valence-electron chi connectivity index (χ0n) is 13.1. The number of anilines is 1. The van der Waals surface area contributed by atoms with Gasteiger partial charge in [0.2, 0.25) is 0 Å². The molecule has 7 heteroatoms. The molecule has 3 rings (SSSR count). The van der Waals surface area contributed by atoms with Crippen LogP contribution < -0.4 is 14.8 Å². The highest BCUT2D eigenvalue weighted by Crippen LogP contribution is 2.30. The van der Waals surface area contributed by atoms with Gasteiger partial charge in [-0.25, -0.2) is 4.98 Å². The lowest BCUT2D eigenvalue weighted by molar-refractivity contribution is 0.102. The predicted octanol–water partition coefficient (Wildman–Crippen LogP) is 3.47. The summed E-state index contributed by atoms with van der Waals surface area (Å²) in [4.78, 5) is 20.8. The van der Waals surface area contributed by atoms with E-state index >= 15 is 0 Å². The number of pyridine rings is 1. The number of rotatable bonds is 5. The van der Waals surface area contributed by atoms with Crippen LogP contribution in [0.4, 0.5) is 5.69 Å². The van der Waals surface area contributed by atoms with E-state index in [9.17, 15) is 4.79 Å². The summed E-state index contributed by atoms with van der Waals surface area (Å²) in [6.07, 6.45) is 3.39. The van der Waals surface area contributed by atoms with Crippen molar-refractivity contribution in [3.8, 4) is 22.1 Å². The molecular weight excluding hydrogens is 326 g/mol. The maximum absolute atomic E-state index is 12.4. The Morgan fingerprint density at radius 1 is 1.12 bits per heavy atom. The SMILES string of the molecule is COc1ccc(NC(=O)c2csc(-c3ccncc3)n2)c(OC)c1. The molecule has 1 amide bonds. The number of amides is 1. The Kier molecular flexibility index (Phi) is 4.72. The Labute approximate surface area is 143 Å². The van der Waals surface area contributed by atoms with Gasteiger partial charge in [0, 0.05) is 29.4 Å². The third-order valence-electron chi connectivity index (χ3n) is 3.32. The van der Waals surface area contributed by atoms with Crippen molar-refractivity contribution in [3.05, 3.63) is 53.8 Å². The number of carbonyl (C=O) groups is 1. The minimum atomic E-state index is -0.296. The number of nitrogens with zero attached hydrogens (tertiary/aromatic N) is 2. The van der Waals surface area contributed by atoms with Crippen molar-refractivity contribution >= 4 is 22.9 Å². The Morgan fingerprint density at radius 2 is 1.92 bits per heavy atom. The highest BCUT2D eigenvalue weighted by molar-refractivity contribution is 7.13. The molecule has 0 spiro atoms. The number of carbonyl (C=O) groups excluding carboxylic acids is 1. The normalized spacial score (nSPS) is 10.2. The largest absolute Gasteiger partial charge is 0.497 e. The number of benzene rings is 1. The Balaban J connectivity index is 1.80. The third kappa shape index (κ3) is 3.36. The molecule has 0 fully saturated rings. The summed E-state index contributed by atoms with van der Waals surface area (Å²) < 4.78 is 10.4. The van der Waals surface area contributed by atoms with Crippen molar-refractivity contribution in [2.45, 2.75) is 0 Å². The first kappa shape index (κ1) is 15.9. The van der Waals surface area contributed by atoms with Crippen molar-refractivity contribution in [3.63, 3.8) is 0 Å². The maximum Gasteiger partial charge on any atom is 0.275 e. The van der Waals surface area contributed by atoms with Gasteiger partial charge < -0.3 is 14.8 Å². The van der Waals surface area contributed by atoms with Crippen LogP contribution in [0.3, 0.4) is 0 Å². The third-order valence-corrected chi connectivity index (χ3v) is 4.21. The molecule has 0 unspecified atom stereocenters. The fourth-order valence-corrected chi connectivity index (χ4v) is 2.90. The van der Waals surface area contributed by atoms with E-state index in [0.29, 0.717) is 22.9 Å². The molecule has 0 aliphatic rings. The smallest absolute Gasteiger partial charge is 0.275 e. The van der Waals surface area contributed by atoms with Crippen LogP contribution in [0.15, 0.2) is 48.1 Å². The van der Waals surface area contributed by atoms with Crippen LogP contribution in [0.2, 0.25) is 0 Å². The van der Waals surface area contributed by atoms with E-state index in [4.69, 9.17) is 9.47 Å². The second kappa shape index (κ2) is 7.10. The molecule has 0 bridgehead atoms. The van der Waals surface area contributed by atoms with Gasteiger partial charge in [-0.05, 0) is 24.3 Å². The molecule has 6 nitrogen and oxygen atoms in total. The van der Waals surface area contributed by atoms with Gasteiger partial charge in [0.15, 0.2) is 0 Å². The van der Waals surface area contributed by atoms with Gasteiger partial charge in [0.1, 0.15) is 22.2 Å². The molecule has 0 saturated heterocycles. The molecule has 0 radical (unpaired) electrons. The molecule has 0 atom stereocenters. The van der Waals surface area contributed by atoms with E-state index in [1.165, 1.54) is 18.4 Å². The van der Waals surface area contributed by atoms with E-state index in [1.807, 2.05) is 12.1 Å². The molecule has 0 aliphatic carbocycles. The fraction of sp³-hybridized carbons (Fsp3) is 0.118. The van der Waals surface area contributed by atoms with Crippen molar-refractivity contribution < 1.29 is 14.3 Å². The van der Waals surface area contributed by atoms with Crippen LogP contribution in [-0.4, -0.2) is 30.1 Å². The van der Waals surface area contributed by atoms with E-state index in [-0.39, 0.29) is 5.91 Å². The molecule has 1 N–H and O–H groups in total. The van der Waals surface area contributed by atoms with Crippen LogP contribution >= 0.6 is 11.3 Å². The standard InChI is InChI=1S/C17H15N3O3S/c1-22-12-3-4-13(15(9-12)23-2)19-16(21)14-10-24-17(20-14)11-5-7-18-8-6-11/h3-10H,1-2H3,(H,19,21). The molecular formula is C17H15N3O3S. The summed E-state index contributed by atoms with van der Waals surface area (Å²) >= 11 is 1.41. The Morgan fingerprint density at radius 3 is 2.62 bits per heavy atom. The van der Waals surface area contributed by atoms with E-state index in [1.54, 1.807) is 43.1 Å². The summed E-state index contributed by atoms with van der Waals surface area (Å²) in [7, 11) is 3.11. The first-order chi connectivity index (χ1) is 11.7. The van der Waals surface area contributed by atoms with Crippen LogP contribution in [0.1, 0.15) is 10.5 Å². The summed E-state index contributed by atoms with van der Waals surface area (Å²) in [5, 5.41) is 5.30. The lowest BCUT2D eigenvalue weighted by Crippen LogP contribution is -2.13. The number of aromatic nitrogens is 2. The van der Waals surface area contributed by atoms with Crippen molar-refractivity contribution in [2.75, 3.05) is 19.5 Å². The molecule has 24 heavy (non-hydrogen) atoms. The molecule has 0 saturated carbocycles. The lowest BCUT2D eigenvalue weighted by Gasteiger charge is -2.10. The highest BCUT2D eigenvalue weighted by atomic mass is 32.1. The quantitative estimate of drug-likeness (QED) is 0.769.